The Labute approximate surface area is 110 Å². The quantitative estimate of drug-likeness (QED) is 0.705. The maximum atomic E-state index is 12.1. The highest BCUT2D eigenvalue weighted by atomic mass is 16.4. The van der Waals surface area contributed by atoms with Crippen molar-refractivity contribution in [2.24, 2.45) is 5.73 Å². The van der Waals surface area contributed by atoms with Gasteiger partial charge in [0.25, 0.3) is 0 Å². The molecule has 19 heavy (non-hydrogen) atoms. The molecule has 2 heterocycles. The Morgan fingerprint density at radius 3 is 3.05 bits per heavy atom. The number of hydrogen-bond donors (Lipinski definition) is 3. The van der Waals surface area contributed by atoms with Gasteiger partial charge in [-0.3, -0.25) is 14.7 Å². The van der Waals surface area contributed by atoms with E-state index in [1.807, 2.05) is 6.07 Å². The number of carbonyl (C=O) groups is 2. The number of hydrogen-bond acceptors (Lipinski definition) is 4. The van der Waals surface area contributed by atoms with Crippen molar-refractivity contribution in [3.8, 4) is 0 Å². The lowest BCUT2D eigenvalue weighted by Gasteiger charge is -2.33. The average Bonchev–Trinajstić information content (AvgIpc) is 2.91. The number of rotatable bonds is 4. The van der Waals surface area contributed by atoms with Gasteiger partial charge in [0.15, 0.2) is 0 Å². The summed E-state index contributed by atoms with van der Waals surface area (Å²) in [7, 11) is 0. The van der Waals surface area contributed by atoms with Crippen LogP contribution in [0.2, 0.25) is 0 Å². The zero-order chi connectivity index (χ0) is 13.8. The molecular formula is C12H18N4O3. The first-order chi connectivity index (χ1) is 9.08. The number of nitrogens with zero attached hydrogens (tertiary/aromatic N) is 2. The molecule has 1 aromatic heterocycles. The van der Waals surface area contributed by atoms with Crippen LogP contribution in [-0.4, -0.2) is 51.2 Å². The van der Waals surface area contributed by atoms with Gasteiger partial charge in [0, 0.05) is 30.9 Å². The lowest BCUT2D eigenvalue weighted by molar-refractivity contribution is -0.142. The summed E-state index contributed by atoms with van der Waals surface area (Å²) < 4.78 is 0. The maximum absolute atomic E-state index is 12.1. The van der Waals surface area contributed by atoms with Crippen LogP contribution in [0.15, 0.2) is 12.3 Å². The minimum Gasteiger partial charge on any atom is -0.481 e. The fraction of sp³-hybridized carbons (Fsp3) is 0.583. The summed E-state index contributed by atoms with van der Waals surface area (Å²) in [5, 5.41) is 15.5. The van der Waals surface area contributed by atoms with Gasteiger partial charge < -0.3 is 15.7 Å². The van der Waals surface area contributed by atoms with Crippen molar-refractivity contribution in [2.75, 3.05) is 13.1 Å². The van der Waals surface area contributed by atoms with E-state index in [9.17, 15) is 9.59 Å². The molecule has 0 aromatic carbocycles. The van der Waals surface area contributed by atoms with E-state index in [0.717, 1.165) is 18.5 Å². The van der Waals surface area contributed by atoms with E-state index in [-0.39, 0.29) is 18.2 Å². The van der Waals surface area contributed by atoms with Crippen LogP contribution >= 0.6 is 0 Å². The van der Waals surface area contributed by atoms with Crippen molar-refractivity contribution in [1.82, 2.24) is 15.1 Å². The summed E-state index contributed by atoms with van der Waals surface area (Å²) in [4.78, 5) is 24.3. The number of aromatic amines is 1. The highest BCUT2D eigenvalue weighted by Crippen LogP contribution is 2.25. The molecule has 0 spiro atoms. The average molecular weight is 266 g/mol. The van der Waals surface area contributed by atoms with E-state index in [4.69, 9.17) is 10.8 Å². The number of piperidine rings is 1. The van der Waals surface area contributed by atoms with Crippen molar-refractivity contribution in [1.29, 1.82) is 0 Å². The number of carboxylic acids is 1. The maximum Gasteiger partial charge on any atom is 0.305 e. The van der Waals surface area contributed by atoms with Crippen LogP contribution in [0.4, 0.5) is 0 Å². The number of amides is 1. The third-order valence-electron chi connectivity index (χ3n) is 3.41. The molecule has 104 valence electrons. The van der Waals surface area contributed by atoms with Gasteiger partial charge in [-0.15, -0.1) is 0 Å². The van der Waals surface area contributed by atoms with Gasteiger partial charge >= 0.3 is 5.97 Å². The van der Waals surface area contributed by atoms with Gasteiger partial charge in [-0.05, 0) is 18.9 Å². The largest absolute Gasteiger partial charge is 0.481 e. The second-order valence-electron chi connectivity index (χ2n) is 4.84. The van der Waals surface area contributed by atoms with Gasteiger partial charge in [-0.2, -0.15) is 5.10 Å². The first kappa shape index (κ1) is 13.5. The number of carbonyl (C=O) groups excluding carboxylic acids is 1. The minimum absolute atomic E-state index is 0.220. The number of aromatic nitrogens is 2. The third-order valence-corrected chi connectivity index (χ3v) is 3.41. The molecule has 0 bridgehead atoms. The Balaban J connectivity index is 1.97. The first-order valence-electron chi connectivity index (χ1n) is 6.33. The normalized spacial score (nSPS) is 21.1. The molecule has 2 rings (SSSR count). The molecule has 0 aliphatic carbocycles. The van der Waals surface area contributed by atoms with E-state index in [2.05, 4.69) is 10.2 Å². The Morgan fingerprint density at radius 1 is 1.63 bits per heavy atom. The van der Waals surface area contributed by atoms with Gasteiger partial charge in [-0.25, -0.2) is 0 Å². The van der Waals surface area contributed by atoms with Gasteiger partial charge in [-0.1, -0.05) is 0 Å². The van der Waals surface area contributed by atoms with Crippen LogP contribution < -0.4 is 5.73 Å². The molecule has 1 saturated heterocycles. The molecule has 7 nitrogen and oxygen atoms in total. The van der Waals surface area contributed by atoms with Gasteiger partial charge in [0.2, 0.25) is 5.91 Å². The lowest BCUT2D eigenvalue weighted by Crippen LogP contribution is -2.48. The molecule has 0 saturated carbocycles. The molecule has 1 aromatic rings. The summed E-state index contributed by atoms with van der Waals surface area (Å²) in [6.45, 7) is 1.20. The number of H-pyrrole nitrogens is 1. The number of carboxylic acid groups (broad SMARTS) is 1. The zero-order valence-corrected chi connectivity index (χ0v) is 10.6. The van der Waals surface area contributed by atoms with Crippen molar-refractivity contribution in [3.05, 3.63) is 18.0 Å². The second-order valence-corrected chi connectivity index (χ2v) is 4.84. The highest BCUT2D eigenvalue weighted by molar-refractivity contribution is 5.86. The van der Waals surface area contributed by atoms with E-state index in [1.165, 1.54) is 0 Å². The molecular weight excluding hydrogens is 248 g/mol. The predicted molar refractivity (Wildman–Crippen MR) is 67.4 cm³/mol. The summed E-state index contributed by atoms with van der Waals surface area (Å²) in [6, 6.07) is 0.938. The van der Waals surface area contributed by atoms with Crippen molar-refractivity contribution < 1.29 is 14.7 Å². The lowest BCUT2D eigenvalue weighted by atomic mass is 9.94. The molecule has 4 N–H and O–H groups in total. The molecule has 1 aliphatic rings. The highest BCUT2D eigenvalue weighted by Gasteiger charge is 2.29. The van der Waals surface area contributed by atoms with Gasteiger partial charge in [0.1, 0.15) is 0 Å². The fourth-order valence-corrected chi connectivity index (χ4v) is 2.44. The monoisotopic (exact) mass is 266 g/mol. The first-order valence-corrected chi connectivity index (χ1v) is 6.33. The molecule has 7 heteroatoms. The van der Waals surface area contributed by atoms with Crippen molar-refractivity contribution in [2.45, 2.75) is 31.2 Å². The van der Waals surface area contributed by atoms with Crippen LogP contribution in [0, 0.1) is 0 Å². The molecule has 2 atom stereocenters. The summed E-state index contributed by atoms with van der Waals surface area (Å²) in [6.07, 6.45) is 3.23. The molecule has 2 unspecified atom stereocenters. The molecule has 1 fully saturated rings. The minimum atomic E-state index is -1.05. The number of nitrogens with two attached hydrogens (primary N) is 1. The van der Waals surface area contributed by atoms with Crippen molar-refractivity contribution in [3.63, 3.8) is 0 Å². The predicted octanol–water partition coefficient (Wildman–Crippen LogP) is -0.0823. The standard InChI is InChI=1S/C12H18N4O3/c13-9(6-11(17)18)12(19)16-5-1-2-8(7-16)10-3-4-14-15-10/h3-4,8-9H,1-2,5-7,13H2,(H,14,15)(H,17,18). The van der Waals surface area contributed by atoms with Crippen LogP contribution in [0.1, 0.15) is 30.9 Å². The summed E-state index contributed by atoms with van der Waals surface area (Å²) >= 11 is 0. The van der Waals surface area contributed by atoms with Crippen molar-refractivity contribution >= 4 is 11.9 Å². The number of likely N-dealkylation sites (tertiary alicyclic amines) is 1. The van der Waals surface area contributed by atoms with Crippen LogP contribution in [0.25, 0.3) is 0 Å². The van der Waals surface area contributed by atoms with Crippen LogP contribution in [0.5, 0.6) is 0 Å². The topological polar surface area (TPSA) is 112 Å². The van der Waals surface area contributed by atoms with E-state index in [1.54, 1.807) is 11.1 Å². The zero-order valence-electron chi connectivity index (χ0n) is 10.6. The summed E-state index contributed by atoms with van der Waals surface area (Å²) in [5.41, 5.74) is 6.62. The fourth-order valence-electron chi connectivity index (χ4n) is 2.44. The SMILES string of the molecule is NC(CC(=O)O)C(=O)N1CCCC(c2ccn[nH]2)C1. The van der Waals surface area contributed by atoms with Gasteiger partial charge in [0.05, 0.1) is 12.5 Å². The van der Waals surface area contributed by atoms with E-state index in [0.29, 0.717) is 13.1 Å². The Hall–Kier alpha value is -1.89. The second kappa shape index (κ2) is 5.83. The van der Waals surface area contributed by atoms with Crippen LogP contribution in [-0.2, 0) is 9.59 Å². The molecule has 1 amide bonds. The Kier molecular flexibility index (Phi) is 4.16. The Bertz CT molecular complexity index is 446. The Morgan fingerprint density at radius 2 is 2.42 bits per heavy atom. The van der Waals surface area contributed by atoms with Crippen LogP contribution in [0.3, 0.4) is 0 Å². The van der Waals surface area contributed by atoms with E-state index >= 15 is 0 Å². The number of aliphatic carboxylic acids is 1. The third kappa shape index (κ3) is 3.31. The molecule has 0 radical (unpaired) electrons. The molecule has 1 aliphatic heterocycles. The smallest absolute Gasteiger partial charge is 0.305 e. The number of nitrogens with one attached hydrogen (secondary N) is 1. The summed E-state index contributed by atoms with van der Waals surface area (Å²) in [5.74, 6) is -1.12. The van der Waals surface area contributed by atoms with E-state index < -0.39 is 12.0 Å².